The van der Waals surface area contributed by atoms with E-state index in [0.717, 1.165) is 22.1 Å². The third-order valence-electron chi connectivity index (χ3n) is 5.01. The maximum absolute atomic E-state index is 12.4. The van der Waals surface area contributed by atoms with Gasteiger partial charge in [0.25, 0.3) is 0 Å². The molecular formula is C21H19NO5. The van der Waals surface area contributed by atoms with E-state index in [1.165, 1.54) is 19.2 Å². The summed E-state index contributed by atoms with van der Waals surface area (Å²) in [6.07, 6.45) is 0.559. The zero-order chi connectivity index (χ0) is 19.0. The molecule has 0 spiro atoms. The van der Waals surface area contributed by atoms with Crippen molar-refractivity contribution in [3.8, 4) is 5.75 Å². The van der Waals surface area contributed by atoms with E-state index in [1.54, 1.807) is 12.1 Å². The standard InChI is InChI=1S/C21H19NO5/c1-26-21(25)18-8-13-4-2-3-5-14(13)11-22(18)12-15-9-20(24)27-19-10-16(23)6-7-17(15)19/h2-7,9-10,18,23H,8,11-12H2,1H3/t18-/m0/s1. The minimum Gasteiger partial charge on any atom is -0.508 e. The van der Waals surface area contributed by atoms with Gasteiger partial charge in [-0.25, -0.2) is 4.79 Å². The number of phenolic OH excluding ortho intramolecular Hbond substituents is 1. The van der Waals surface area contributed by atoms with Crippen LogP contribution < -0.4 is 5.63 Å². The molecule has 1 atom stereocenters. The second-order valence-electron chi connectivity index (χ2n) is 6.69. The van der Waals surface area contributed by atoms with Gasteiger partial charge in [0.15, 0.2) is 0 Å². The van der Waals surface area contributed by atoms with E-state index in [9.17, 15) is 14.7 Å². The van der Waals surface area contributed by atoms with E-state index < -0.39 is 11.7 Å². The molecule has 6 heteroatoms. The third-order valence-corrected chi connectivity index (χ3v) is 5.01. The highest BCUT2D eigenvalue weighted by atomic mass is 16.5. The molecule has 0 saturated carbocycles. The van der Waals surface area contributed by atoms with Gasteiger partial charge in [0.2, 0.25) is 0 Å². The fraction of sp³-hybridized carbons (Fsp3) is 0.238. The fourth-order valence-corrected chi connectivity index (χ4v) is 3.68. The number of phenols is 1. The molecule has 0 radical (unpaired) electrons. The number of benzene rings is 2. The maximum Gasteiger partial charge on any atom is 0.336 e. The number of hydrogen-bond acceptors (Lipinski definition) is 6. The van der Waals surface area contributed by atoms with Crippen molar-refractivity contribution in [3.05, 3.63) is 75.6 Å². The van der Waals surface area contributed by atoms with E-state index >= 15 is 0 Å². The zero-order valence-electron chi connectivity index (χ0n) is 14.8. The molecule has 1 aliphatic heterocycles. The molecule has 0 fully saturated rings. The summed E-state index contributed by atoms with van der Waals surface area (Å²) in [6.45, 7) is 0.969. The first-order valence-electron chi connectivity index (χ1n) is 8.69. The Kier molecular flexibility index (Phi) is 4.41. The van der Waals surface area contributed by atoms with Gasteiger partial charge in [-0.2, -0.15) is 0 Å². The molecule has 0 unspecified atom stereocenters. The van der Waals surface area contributed by atoms with Crippen molar-refractivity contribution in [3.63, 3.8) is 0 Å². The van der Waals surface area contributed by atoms with Gasteiger partial charge in [-0.3, -0.25) is 9.69 Å². The number of carbonyl (C=O) groups is 1. The monoisotopic (exact) mass is 365 g/mol. The number of esters is 1. The number of aromatic hydroxyl groups is 1. The van der Waals surface area contributed by atoms with E-state index in [1.807, 2.05) is 29.2 Å². The van der Waals surface area contributed by atoms with Gasteiger partial charge < -0.3 is 14.3 Å². The molecule has 6 nitrogen and oxygen atoms in total. The molecule has 138 valence electrons. The van der Waals surface area contributed by atoms with Crippen molar-refractivity contribution < 1.29 is 19.1 Å². The lowest BCUT2D eigenvalue weighted by Gasteiger charge is -2.35. The Morgan fingerprint density at radius 2 is 2.00 bits per heavy atom. The average Bonchev–Trinajstić information content (AvgIpc) is 2.66. The Balaban J connectivity index is 1.75. The van der Waals surface area contributed by atoms with Crippen LogP contribution in [0.1, 0.15) is 16.7 Å². The molecule has 2 heterocycles. The van der Waals surface area contributed by atoms with Gasteiger partial charge >= 0.3 is 11.6 Å². The molecular weight excluding hydrogens is 346 g/mol. The van der Waals surface area contributed by atoms with Crippen LogP contribution in [0.5, 0.6) is 5.75 Å². The predicted octanol–water partition coefficient (Wildman–Crippen LogP) is 2.60. The highest BCUT2D eigenvalue weighted by Gasteiger charge is 2.32. The predicted molar refractivity (Wildman–Crippen MR) is 99.3 cm³/mol. The number of nitrogens with zero attached hydrogens (tertiary/aromatic N) is 1. The smallest absolute Gasteiger partial charge is 0.336 e. The molecule has 0 aliphatic carbocycles. The lowest BCUT2D eigenvalue weighted by molar-refractivity contribution is -0.147. The first-order valence-corrected chi connectivity index (χ1v) is 8.69. The lowest BCUT2D eigenvalue weighted by atomic mass is 9.93. The molecule has 27 heavy (non-hydrogen) atoms. The summed E-state index contributed by atoms with van der Waals surface area (Å²) in [5.41, 5.74) is 2.86. The van der Waals surface area contributed by atoms with Crippen molar-refractivity contribution in [2.45, 2.75) is 25.6 Å². The Hall–Kier alpha value is -3.12. The largest absolute Gasteiger partial charge is 0.508 e. The topological polar surface area (TPSA) is 80.0 Å². The summed E-state index contributed by atoms with van der Waals surface area (Å²) >= 11 is 0. The summed E-state index contributed by atoms with van der Waals surface area (Å²) in [5, 5.41) is 10.4. The molecule has 4 rings (SSSR count). The number of hydrogen-bond donors (Lipinski definition) is 1. The normalized spacial score (nSPS) is 16.9. The van der Waals surface area contributed by atoms with E-state index in [-0.39, 0.29) is 11.7 Å². The van der Waals surface area contributed by atoms with Gasteiger partial charge in [-0.15, -0.1) is 0 Å². The van der Waals surface area contributed by atoms with E-state index in [0.29, 0.717) is 25.1 Å². The van der Waals surface area contributed by atoms with E-state index in [2.05, 4.69) is 0 Å². The highest BCUT2D eigenvalue weighted by molar-refractivity contribution is 5.81. The number of carbonyl (C=O) groups excluding carboxylic acids is 1. The van der Waals surface area contributed by atoms with Gasteiger partial charge in [-0.1, -0.05) is 24.3 Å². The van der Waals surface area contributed by atoms with Crippen LogP contribution >= 0.6 is 0 Å². The lowest BCUT2D eigenvalue weighted by Crippen LogP contribution is -2.45. The first-order chi connectivity index (χ1) is 13.0. The summed E-state index contributed by atoms with van der Waals surface area (Å²) in [4.78, 5) is 26.4. The van der Waals surface area contributed by atoms with Crippen LogP contribution in [-0.2, 0) is 29.0 Å². The molecule has 3 aromatic rings. The van der Waals surface area contributed by atoms with Crippen molar-refractivity contribution in [2.75, 3.05) is 7.11 Å². The summed E-state index contributed by atoms with van der Waals surface area (Å²) in [6, 6.07) is 13.7. The van der Waals surface area contributed by atoms with Crippen molar-refractivity contribution >= 4 is 16.9 Å². The van der Waals surface area contributed by atoms with Crippen LogP contribution in [0.25, 0.3) is 11.0 Å². The van der Waals surface area contributed by atoms with Crippen LogP contribution in [0, 0.1) is 0 Å². The first kappa shape index (κ1) is 17.3. The number of methoxy groups -OCH3 is 1. The van der Waals surface area contributed by atoms with Crippen molar-refractivity contribution in [1.29, 1.82) is 0 Å². The van der Waals surface area contributed by atoms with Crippen LogP contribution in [0.2, 0.25) is 0 Å². The van der Waals surface area contributed by atoms with Gasteiger partial charge in [-0.05, 0) is 35.2 Å². The number of fused-ring (bicyclic) bond motifs is 2. The quantitative estimate of drug-likeness (QED) is 0.568. The van der Waals surface area contributed by atoms with Crippen LogP contribution in [0.3, 0.4) is 0 Å². The second kappa shape index (κ2) is 6.89. The van der Waals surface area contributed by atoms with Crippen molar-refractivity contribution in [2.24, 2.45) is 0 Å². The third kappa shape index (κ3) is 3.31. The Labute approximate surface area is 155 Å². The van der Waals surface area contributed by atoms with Crippen LogP contribution in [0.15, 0.2) is 57.7 Å². The summed E-state index contributed by atoms with van der Waals surface area (Å²) < 4.78 is 10.2. The van der Waals surface area contributed by atoms with Crippen LogP contribution in [-0.4, -0.2) is 29.1 Å². The maximum atomic E-state index is 12.4. The Bertz CT molecular complexity index is 1070. The summed E-state index contributed by atoms with van der Waals surface area (Å²) in [5.74, 6) is -0.267. The minimum atomic E-state index is -0.491. The molecule has 1 N–H and O–H groups in total. The Morgan fingerprint density at radius 3 is 2.78 bits per heavy atom. The minimum absolute atomic E-state index is 0.0298. The average molecular weight is 365 g/mol. The van der Waals surface area contributed by atoms with Gasteiger partial charge in [0.05, 0.1) is 7.11 Å². The molecule has 1 aromatic heterocycles. The second-order valence-corrected chi connectivity index (χ2v) is 6.69. The molecule has 2 aromatic carbocycles. The van der Waals surface area contributed by atoms with E-state index in [4.69, 9.17) is 9.15 Å². The number of rotatable bonds is 3. The highest BCUT2D eigenvalue weighted by Crippen LogP contribution is 2.28. The molecule has 0 bridgehead atoms. The molecule has 0 amide bonds. The van der Waals surface area contributed by atoms with Crippen molar-refractivity contribution in [1.82, 2.24) is 4.90 Å². The Morgan fingerprint density at radius 1 is 1.22 bits per heavy atom. The van der Waals surface area contributed by atoms with Gasteiger partial charge in [0, 0.05) is 30.6 Å². The van der Waals surface area contributed by atoms with Crippen LogP contribution in [0.4, 0.5) is 0 Å². The number of ether oxygens (including phenoxy) is 1. The zero-order valence-corrected chi connectivity index (χ0v) is 14.8. The van der Waals surface area contributed by atoms with Gasteiger partial charge in [0.1, 0.15) is 17.4 Å². The molecule has 0 saturated heterocycles. The summed E-state index contributed by atoms with van der Waals surface area (Å²) in [7, 11) is 1.39. The molecule has 1 aliphatic rings. The fourth-order valence-electron chi connectivity index (χ4n) is 3.68. The SMILES string of the molecule is COC(=O)[C@@H]1Cc2ccccc2CN1Cc1cc(=O)oc2cc(O)ccc12.